The van der Waals surface area contributed by atoms with E-state index in [1.165, 1.54) is 23.9 Å². The van der Waals surface area contributed by atoms with Gasteiger partial charge in [0.25, 0.3) is 0 Å². The molecule has 8 heteroatoms. The maximum atomic E-state index is 12.9. The number of nitrogens with two attached hydrogens (primary N) is 1. The Morgan fingerprint density at radius 2 is 2.08 bits per heavy atom. The first kappa shape index (κ1) is 16.3. The number of thioether (sulfide) groups is 1. The normalized spacial score (nSPS) is 10.9. The van der Waals surface area contributed by atoms with Gasteiger partial charge in [0.2, 0.25) is 5.91 Å². The molecule has 0 bridgehead atoms. The van der Waals surface area contributed by atoms with Crippen LogP contribution in [0.1, 0.15) is 11.3 Å². The molecule has 2 N–H and O–H groups in total. The van der Waals surface area contributed by atoms with Crippen LogP contribution in [0.3, 0.4) is 0 Å². The third-order valence-electron chi connectivity index (χ3n) is 3.26. The van der Waals surface area contributed by atoms with Crippen LogP contribution >= 0.6 is 11.8 Å². The van der Waals surface area contributed by atoms with E-state index in [1.807, 2.05) is 6.92 Å². The molecule has 2 aromatic heterocycles. The molecule has 1 amide bonds. The summed E-state index contributed by atoms with van der Waals surface area (Å²) in [7, 11) is 0. The van der Waals surface area contributed by atoms with Crippen molar-refractivity contribution in [3.8, 4) is 5.75 Å². The van der Waals surface area contributed by atoms with Crippen molar-refractivity contribution < 1.29 is 13.9 Å². The van der Waals surface area contributed by atoms with Crippen LogP contribution in [0.2, 0.25) is 0 Å². The summed E-state index contributed by atoms with van der Waals surface area (Å²) < 4.78 is 20.4. The Morgan fingerprint density at radius 1 is 1.33 bits per heavy atom. The lowest BCUT2D eigenvalue weighted by Gasteiger charge is -2.07. The number of benzene rings is 1. The largest absolute Gasteiger partial charge is 0.485 e. The lowest BCUT2D eigenvalue weighted by molar-refractivity contribution is -0.115. The molecule has 6 nitrogen and oxygen atoms in total. The van der Waals surface area contributed by atoms with E-state index in [1.54, 1.807) is 28.9 Å². The van der Waals surface area contributed by atoms with Gasteiger partial charge in [-0.3, -0.25) is 4.79 Å². The molecule has 0 fully saturated rings. The second-order valence-corrected chi connectivity index (χ2v) is 6.07. The van der Waals surface area contributed by atoms with Crippen molar-refractivity contribution in [1.29, 1.82) is 0 Å². The molecule has 0 saturated carbocycles. The Kier molecular flexibility index (Phi) is 4.66. The summed E-state index contributed by atoms with van der Waals surface area (Å²) in [6.45, 7) is 2.12. The number of aromatic nitrogens is 3. The summed E-state index contributed by atoms with van der Waals surface area (Å²) in [5.74, 6) is 0.0169. The van der Waals surface area contributed by atoms with Gasteiger partial charge in [0.05, 0.1) is 17.6 Å². The Labute approximate surface area is 141 Å². The van der Waals surface area contributed by atoms with Crippen LogP contribution in [0.4, 0.5) is 4.39 Å². The van der Waals surface area contributed by atoms with E-state index in [2.05, 4.69) is 10.1 Å². The predicted molar refractivity (Wildman–Crippen MR) is 88.4 cm³/mol. The van der Waals surface area contributed by atoms with E-state index in [0.717, 1.165) is 16.3 Å². The number of carbonyl (C=O) groups excluding carboxylic acids is 1. The number of halogens is 1. The van der Waals surface area contributed by atoms with Gasteiger partial charge in [-0.05, 0) is 24.6 Å². The molecule has 1 aromatic carbocycles. The minimum Gasteiger partial charge on any atom is -0.485 e. The molecule has 3 rings (SSSR count). The molecule has 0 unspecified atom stereocenters. The number of rotatable bonds is 6. The smallest absolute Gasteiger partial charge is 0.227 e. The number of fused-ring (bicyclic) bond motifs is 1. The van der Waals surface area contributed by atoms with E-state index in [4.69, 9.17) is 10.5 Å². The number of nitrogens with zero attached hydrogens (tertiary/aromatic N) is 3. The summed E-state index contributed by atoms with van der Waals surface area (Å²) in [6, 6.07) is 7.82. The standard InChI is InChI=1S/C16H15FN4O2S/c1-10-16(24-9-14(18)22)21-15(20-10)13(6-7-19-21)23-8-11-2-4-12(17)5-3-11/h2-7H,8-9H2,1H3,(H2,18,22). The maximum absolute atomic E-state index is 12.9. The van der Waals surface area contributed by atoms with Gasteiger partial charge in [-0.2, -0.15) is 5.10 Å². The van der Waals surface area contributed by atoms with E-state index < -0.39 is 5.91 Å². The minimum atomic E-state index is -0.405. The van der Waals surface area contributed by atoms with Crippen molar-refractivity contribution in [3.63, 3.8) is 0 Å². The first-order chi connectivity index (χ1) is 11.5. The van der Waals surface area contributed by atoms with Crippen molar-refractivity contribution >= 4 is 23.3 Å². The van der Waals surface area contributed by atoms with E-state index in [0.29, 0.717) is 11.4 Å². The highest BCUT2D eigenvalue weighted by Crippen LogP contribution is 2.27. The number of hydrogen-bond donors (Lipinski definition) is 1. The zero-order valence-corrected chi connectivity index (χ0v) is 13.7. The molecular weight excluding hydrogens is 331 g/mol. The zero-order valence-electron chi connectivity index (χ0n) is 12.9. The number of imidazole rings is 1. The van der Waals surface area contributed by atoms with Crippen molar-refractivity contribution in [1.82, 2.24) is 14.6 Å². The highest BCUT2D eigenvalue weighted by molar-refractivity contribution is 8.00. The van der Waals surface area contributed by atoms with Crippen LogP contribution in [0.25, 0.3) is 5.65 Å². The van der Waals surface area contributed by atoms with E-state index >= 15 is 0 Å². The quantitative estimate of drug-likeness (QED) is 0.693. The maximum Gasteiger partial charge on any atom is 0.227 e. The van der Waals surface area contributed by atoms with Crippen LogP contribution in [-0.2, 0) is 11.4 Å². The van der Waals surface area contributed by atoms with Gasteiger partial charge in [-0.25, -0.2) is 13.9 Å². The lowest BCUT2D eigenvalue weighted by Crippen LogP contribution is -2.13. The Bertz CT molecular complexity index is 880. The van der Waals surface area contributed by atoms with E-state index in [9.17, 15) is 9.18 Å². The second kappa shape index (κ2) is 6.88. The van der Waals surface area contributed by atoms with Crippen molar-refractivity contribution in [3.05, 3.63) is 53.6 Å². The number of carbonyl (C=O) groups is 1. The van der Waals surface area contributed by atoms with Gasteiger partial charge in [-0.15, -0.1) is 0 Å². The fourth-order valence-corrected chi connectivity index (χ4v) is 2.96. The van der Waals surface area contributed by atoms with Crippen LogP contribution in [0, 0.1) is 12.7 Å². The first-order valence-corrected chi connectivity index (χ1v) is 8.16. The summed E-state index contributed by atoms with van der Waals surface area (Å²) in [6.07, 6.45) is 1.60. The number of amides is 1. The molecule has 2 heterocycles. The summed E-state index contributed by atoms with van der Waals surface area (Å²) in [5.41, 5.74) is 7.34. The second-order valence-electron chi connectivity index (χ2n) is 5.10. The molecule has 0 radical (unpaired) electrons. The topological polar surface area (TPSA) is 82.5 Å². The van der Waals surface area contributed by atoms with Gasteiger partial charge in [0.1, 0.15) is 17.5 Å². The van der Waals surface area contributed by atoms with Gasteiger partial charge in [0, 0.05) is 6.07 Å². The number of aryl methyl sites for hydroxylation is 1. The van der Waals surface area contributed by atoms with Crippen molar-refractivity contribution in [2.75, 3.05) is 5.75 Å². The fraction of sp³-hybridized carbons (Fsp3) is 0.188. The first-order valence-electron chi connectivity index (χ1n) is 7.17. The summed E-state index contributed by atoms with van der Waals surface area (Å²) >= 11 is 1.28. The van der Waals surface area contributed by atoms with Gasteiger partial charge in [0.15, 0.2) is 11.4 Å². The molecule has 24 heavy (non-hydrogen) atoms. The third-order valence-corrected chi connectivity index (χ3v) is 4.43. The SMILES string of the molecule is Cc1nc2c(OCc3ccc(F)cc3)ccnn2c1SCC(N)=O. The van der Waals surface area contributed by atoms with Gasteiger partial charge < -0.3 is 10.5 Å². The average molecular weight is 346 g/mol. The zero-order chi connectivity index (χ0) is 17.1. The fourth-order valence-electron chi connectivity index (χ4n) is 2.17. The van der Waals surface area contributed by atoms with Crippen LogP contribution in [0.15, 0.2) is 41.6 Å². The van der Waals surface area contributed by atoms with E-state index in [-0.39, 0.29) is 18.2 Å². The molecular formula is C16H15FN4O2S. The molecule has 0 aliphatic heterocycles. The Morgan fingerprint density at radius 3 is 2.79 bits per heavy atom. The van der Waals surface area contributed by atoms with Crippen LogP contribution in [-0.4, -0.2) is 26.3 Å². The molecule has 0 atom stereocenters. The minimum absolute atomic E-state index is 0.150. The van der Waals surface area contributed by atoms with Crippen molar-refractivity contribution in [2.45, 2.75) is 18.6 Å². The van der Waals surface area contributed by atoms with Crippen molar-refractivity contribution in [2.24, 2.45) is 5.73 Å². The Balaban J connectivity index is 1.84. The van der Waals surface area contributed by atoms with Gasteiger partial charge in [-0.1, -0.05) is 23.9 Å². The number of primary amides is 1. The monoisotopic (exact) mass is 346 g/mol. The van der Waals surface area contributed by atoms with Crippen LogP contribution < -0.4 is 10.5 Å². The average Bonchev–Trinajstić information content (AvgIpc) is 2.88. The highest BCUT2D eigenvalue weighted by atomic mass is 32.2. The molecule has 0 saturated heterocycles. The molecule has 124 valence electrons. The van der Waals surface area contributed by atoms with Gasteiger partial charge >= 0.3 is 0 Å². The Hall–Kier alpha value is -2.61. The predicted octanol–water partition coefficient (Wildman–Crippen LogP) is 2.33. The molecule has 0 aliphatic carbocycles. The molecule has 0 spiro atoms. The third kappa shape index (κ3) is 3.48. The number of ether oxygens (including phenoxy) is 1. The molecule has 0 aliphatic rings. The highest BCUT2D eigenvalue weighted by Gasteiger charge is 2.15. The van der Waals surface area contributed by atoms with Crippen LogP contribution in [0.5, 0.6) is 5.75 Å². The summed E-state index contributed by atoms with van der Waals surface area (Å²) in [4.78, 5) is 15.5. The molecule has 3 aromatic rings. The summed E-state index contributed by atoms with van der Waals surface area (Å²) in [5, 5.41) is 5.01. The number of hydrogen-bond acceptors (Lipinski definition) is 5. The lowest BCUT2D eigenvalue weighted by atomic mass is 10.2.